The van der Waals surface area contributed by atoms with Gasteiger partial charge in [0, 0.05) is 18.4 Å². The zero-order chi connectivity index (χ0) is 13.4. The van der Waals surface area contributed by atoms with E-state index in [9.17, 15) is 9.90 Å². The number of carbonyl (C=O) groups is 1. The van der Waals surface area contributed by atoms with E-state index in [2.05, 4.69) is 12.2 Å². The van der Waals surface area contributed by atoms with Crippen molar-refractivity contribution in [2.75, 3.05) is 19.7 Å². The maximum absolute atomic E-state index is 11.4. The van der Waals surface area contributed by atoms with Crippen LogP contribution in [0.2, 0.25) is 5.31 Å². The normalized spacial score (nSPS) is 23.5. The van der Waals surface area contributed by atoms with E-state index in [0.717, 1.165) is 58.2 Å². The number of carboxylic acids is 1. The van der Waals surface area contributed by atoms with Crippen LogP contribution in [-0.4, -0.2) is 44.7 Å². The number of nitrogens with one attached hydrogen (secondary N) is 1. The second kappa shape index (κ2) is 7.79. The first-order chi connectivity index (χ1) is 8.58. The van der Waals surface area contributed by atoms with Crippen LogP contribution in [0, 0.1) is 0 Å². The molecule has 2 atom stereocenters. The lowest BCUT2D eigenvalue weighted by Crippen LogP contribution is -2.38. The van der Waals surface area contributed by atoms with E-state index in [0.29, 0.717) is 0 Å². The molecule has 0 aromatic heterocycles. The van der Waals surface area contributed by atoms with Gasteiger partial charge in [-0.2, -0.15) is 0 Å². The predicted molar refractivity (Wildman–Crippen MR) is 74.9 cm³/mol. The molecule has 4 nitrogen and oxygen atoms in total. The number of hydrogen-bond donors (Lipinski definition) is 2. The zero-order valence-electron chi connectivity index (χ0n) is 11.7. The lowest BCUT2D eigenvalue weighted by atomic mass is 9.62. The molecule has 1 aliphatic rings. The smallest absolute Gasteiger partial charge is 0.301 e. The van der Waals surface area contributed by atoms with Crippen LogP contribution in [0.5, 0.6) is 0 Å². The lowest BCUT2D eigenvalue weighted by Gasteiger charge is -2.27. The van der Waals surface area contributed by atoms with E-state index in [1.165, 1.54) is 0 Å². The molecule has 0 saturated carbocycles. The van der Waals surface area contributed by atoms with Gasteiger partial charge in [-0.05, 0) is 19.3 Å². The number of ether oxygens (including phenoxy) is 1. The van der Waals surface area contributed by atoms with Crippen molar-refractivity contribution in [1.29, 1.82) is 0 Å². The van der Waals surface area contributed by atoms with Gasteiger partial charge in [-0.3, -0.25) is 4.79 Å². The summed E-state index contributed by atoms with van der Waals surface area (Å²) in [6, 6.07) is 0. The molecule has 5 heteroatoms. The third kappa shape index (κ3) is 4.98. The number of carboxylic acid groups (broad SMARTS) is 1. The van der Waals surface area contributed by atoms with E-state index in [4.69, 9.17) is 4.74 Å². The van der Waals surface area contributed by atoms with Crippen molar-refractivity contribution in [3.8, 4) is 0 Å². The van der Waals surface area contributed by atoms with Crippen LogP contribution in [0.4, 0.5) is 0 Å². The Morgan fingerprint density at radius 2 is 2.22 bits per heavy atom. The van der Waals surface area contributed by atoms with Crippen LogP contribution in [0.1, 0.15) is 45.4 Å². The molecule has 1 aliphatic heterocycles. The number of rotatable bonds is 8. The van der Waals surface area contributed by atoms with Crippen LogP contribution < -0.4 is 5.32 Å². The molecule has 2 N–H and O–H groups in total. The van der Waals surface area contributed by atoms with Gasteiger partial charge in [0.1, 0.15) is 7.85 Å². The minimum Gasteiger partial charge on any atom is -0.481 e. The van der Waals surface area contributed by atoms with Crippen LogP contribution in [-0.2, 0) is 9.53 Å². The summed E-state index contributed by atoms with van der Waals surface area (Å²) < 4.78 is 5.62. The summed E-state index contributed by atoms with van der Waals surface area (Å²) in [4.78, 5) is 11.4. The van der Waals surface area contributed by atoms with E-state index in [1.54, 1.807) is 0 Å². The molecule has 0 bridgehead atoms. The highest BCUT2D eigenvalue weighted by molar-refractivity contribution is 6.26. The monoisotopic (exact) mass is 255 g/mol. The highest BCUT2D eigenvalue weighted by atomic mass is 16.5. The van der Waals surface area contributed by atoms with Crippen LogP contribution in [0.25, 0.3) is 0 Å². The van der Waals surface area contributed by atoms with Crippen molar-refractivity contribution >= 4 is 13.8 Å². The molecule has 104 valence electrons. The largest absolute Gasteiger partial charge is 0.481 e. The van der Waals surface area contributed by atoms with E-state index in [-0.39, 0.29) is 6.10 Å². The molecule has 0 aromatic carbocycles. The van der Waals surface area contributed by atoms with Crippen LogP contribution >= 0.6 is 0 Å². The maximum atomic E-state index is 11.4. The Balaban J connectivity index is 2.30. The van der Waals surface area contributed by atoms with Crippen LogP contribution in [0.15, 0.2) is 0 Å². The fourth-order valence-electron chi connectivity index (χ4n) is 2.43. The summed E-state index contributed by atoms with van der Waals surface area (Å²) in [5.41, 5.74) is 0. The third-order valence-corrected chi connectivity index (χ3v) is 3.86. The Bertz CT molecular complexity index is 257. The number of hydrogen-bond acceptors (Lipinski definition) is 3. The molecule has 0 radical (unpaired) electrons. The SMILES string of the molecule is BC(CCCC)(CCCC1CNCCO1)C(=O)O. The minimum atomic E-state index is -0.654. The highest BCUT2D eigenvalue weighted by Gasteiger charge is 2.31. The number of morpholine rings is 1. The number of unbranched alkanes of at least 4 members (excludes halogenated alkanes) is 1. The first kappa shape index (κ1) is 15.5. The van der Waals surface area contributed by atoms with Crippen molar-refractivity contribution in [3.63, 3.8) is 0 Å². The molecule has 1 heterocycles. The quantitative estimate of drug-likeness (QED) is 0.640. The third-order valence-electron chi connectivity index (χ3n) is 3.86. The summed E-state index contributed by atoms with van der Waals surface area (Å²) in [5, 5.41) is 12.1. The van der Waals surface area contributed by atoms with Gasteiger partial charge in [0.15, 0.2) is 0 Å². The second-order valence-electron chi connectivity index (χ2n) is 5.56. The summed E-state index contributed by atoms with van der Waals surface area (Å²) in [7, 11) is 1.88. The first-order valence-electron chi connectivity index (χ1n) is 7.14. The molecule has 18 heavy (non-hydrogen) atoms. The fourth-order valence-corrected chi connectivity index (χ4v) is 2.43. The summed E-state index contributed by atoms with van der Waals surface area (Å²) in [6.45, 7) is 4.71. The Labute approximate surface area is 111 Å². The first-order valence-corrected chi connectivity index (χ1v) is 7.14. The van der Waals surface area contributed by atoms with Crippen molar-refractivity contribution in [1.82, 2.24) is 5.32 Å². The summed E-state index contributed by atoms with van der Waals surface area (Å²) >= 11 is 0. The molecule has 2 unspecified atom stereocenters. The molecule has 0 aliphatic carbocycles. The van der Waals surface area contributed by atoms with Crippen molar-refractivity contribution in [2.24, 2.45) is 0 Å². The lowest BCUT2D eigenvalue weighted by molar-refractivity contribution is -0.141. The molecule has 0 aromatic rings. The minimum absolute atomic E-state index is 0.267. The fraction of sp³-hybridized carbons (Fsp3) is 0.923. The van der Waals surface area contributed by atoms with Crippen molar-refractivity contribution < 1.29 is 14.6 Å². The summed E-state index contributed by atoms with van der Waals surface area (Å²) in [5.74, 6) is -0.654. The van der Waals surface area contributed by atoms with Gasteiger partial charge < -0.3 is 15.2 Å². The Morgan fingerprint density at radius 3 is 2.78 bits per heavy atom. The van der Waals surface area contributed by atoms with E-state index >= 15 is 0 Å². The predicted octanol–water partition coefficient (Wildman–Crippen LogP) is 1.21. The number of aliphatic carboxylic acids is 1. The van der Waals surface area contributed by atoms with Gasteiger partial charge in [-0.25, -0.2) is 0 Å². The van der Waals surface area contributed by atoms with Gasteiger partial charge in [0.2, 0.25) is 0 Å². The standard InChI is InChI=1S/C13H26BNO3/c1-2-3-6-13(14,12(16)17)7-4-5-11-10-15-8-9-18-11/h11,15H,2-10,14H2,1H3,(H,16,17). The molecule has 0 amide bonds. The molecule has 1 saturated heterocycles. The van der Waals surface area contributed by atoms with Gasteiger partial charge in [-0.1, -0.05) is 26.2 Å². The van der Waals surface area contributed by atoms with Crippen molar-refractivity contribution in [2.45, 2.75) is 56.9 Å². The molecule has 0 spiro atoms. The van der Waals surface area contributed by atoms with Gasteiger partial charge >= 0.3 is 5.97 Å². The topological polar surface area (TPSA) is 58.6 Å². The van der Waals surface area contributed by atoms with Gasteiger partial charge in [-0.15, -0.1) is 0 Å². The second-order valence-corrected chi connectivity index (χ2v) is 5.56. The molecule has 1 rings (SSSR count). The average molecular weight is 255 g/mol. The van der Waals surface area contributed by atoms with Gasteiger partial charge in [0.25, 0.3) is 0 Å². The maximum Gasteiger partial charge on any atom is 0.301 e. The molecular weight excluding hydrogens is 229 g/mol. The highest BCUT2D eigenvalue weighted by Crippen LogP contribution is 2.35. The Kier molecular flexibility index (Phi) is 6.72. The Morgan fingerprint density at radius 1 is 1.50 bits per heavy atom. The Hall–Kier alpha value is -0.545. The molecular formula is C13H26BNO3. The van der Waals surface area contributed by atoms with Gasteiger partial charge in [0.05, 0.1) is 12.7 Å². The summed E-state index contributed by atoms with van der Waals surface area (Å²) in [6.07, 6.45) is 5.73. The average Bonchev–Trinajstić information content (AvgIpc) is 2.37. The molecule has 1 fully saturated rings. The van der Waals surface area contributed by atoms with E-state index < -0.39 is 11.3 Å². The van der Waals surface area contributed by atoms with E-state index in [1.807, 2.05) is 7.85 Å². The zero-order valence-corrected chi connectivity index (χ0v) is 11.7. The van der Waals surface area contributed by atoms with Crippen LogP contribution in [0.3, 0.4) is 0 Å². The van der Waals surface area contributed by atoms with Crippen molar-refractivity contribution in [3.05, 3.63) is 0 Å².